The smallest absolute Gasteiger partial charge is 0.349 e. The lowest BCUT2D eigenvalue weighted by Crippen LogP contribution is -2.18. The highest BCUT2D eigenvalue weighted by molar-refractivity contribution is 5.90. The maximum absolute atomic E-state index is 12.0. The third-order valence-electron chi connectivity index (χ3n) is 3.26. The number of carbonyl (C=O) groups is 2. The monoisotopic (exact) mass is 358 g/mol. The zero-order chi connectivity index (χ0) is 18.9. The molecule has 2 rings (SSSR count). The summed E-state index contributed by atoms with van der Waals surface area (Å²) in [5.74, 6) is 0.406. The molecule has 6 heteroatoms. The summed E-state index contributed by atoms with van der Waals surface area (Å²) in [6.07, 6.45) is 0. The van der Waals surface area contributed by atoms with E-state index < -0.39 is 11.9 Å². The molecule has 0 spiro atoms. The van der Waals surface area contributed by atoms with Crippen molar-refractivity contribution in [2.75, 3.05) is 20.3 Å². The van der Waals surface area contributed by atoms with Crippen LogP contribution in [0, 0.1) is 5.92 Å². The molecule has 0 saturated carbocycles. The van der Waals surface area contributed by atoms with Crippen LogP contribution in [0.5, 0.6) is 17.2 Å². The van der Waals surface area contributed by atoms with Crippen LogP contribution in [0.3, 0.4) is 0 Å². The molecule has 6 nitrogen and oxygen atoms in total. The maximum atomic E-state index is 12.0. The Labute approximate surface area is 152 Å². The largest absolute Gasteiger partial charge is 0.493 e. The minimum absolute atomic E-state index is 0.243. The normalized spacial score (nSPS) is 10.3. The van der Waals surface area contributed by atoms with Gasteiger partial charge in [-0.3, -0.25) is 0 Å². The van der Waals surface area contributed by atoms with E-state index in [1.165, 1.54) is 13.2 Å². The van der Waals surface area contributed by atoms with Gasteiger partial charge in [-0.15, -0.1) is 0 Å². The highest BCUT2D eigenvalue weighted by Crippen LogP contribution is 2.25. The average Bonchev–Trinajstić information content (AvgIpc) is 2.64. The van der Waals surface area contributed by atoms with Crippen molar-refractivity contribution in [2.45, 2.75) is 13.8 Å². The molecule has 0 aliphatic heterocycles. The van der Waals surface area contributed by atoms with Gasteiger partial charge in [0.15, 0.2) is 18.1 Å². The Hall–Kier alpha value is -3.02. The predicted molar refractivity (Wildman–Crippen MR) is 95.7 cm³/mol. The molecule has 2 aromatic carbocycles. The van der Waals surface area contributed by atoms with Gasteiger partial charge in [-0.1, -0.05) is 32.0 Å². The fourth-order valence-electron chi connectivity index (χ4n) is 2.05. The quantitative estimate of drug-likeness (QED) is 0.531. The summed E-state index contributed by atoms with van der Waals surface area (Å²) in [7, 11) is 1.52. The van der Waals surface area contributed by atoms with E-state index in [9.17, 15) is 9.59 Å². The third-order valence-corrected chi connectivity index (χ3v) is 3.26. The summed E-state index contributed by atoms with van der Waals surface area (Å²) in [5, 5.41) is 0. The molecule has 0 heterocycles. The van der Waals surface area contributed by atoms with Crippen molar-refractivity contribution in [1.29, 1.82) is 0 Å². The fraction of sp³-hybridized carbons (Fsp3) is 0.300. The van der Waals surface area contributed by atoms with Gasteiger partial charge in [0, 0.05) is 0 Å². The van der Waals surface area contributed by atoms with Gasteiger partial charge in [-0.25, -0.2) is 9.59 Å². The van der Waals surface area contributed by atoms with Crippen LogP contribution in [0.2, 0.25) is 0 Å². The second kappa shape index (κ2) is 9.46. The summed E-state index contributed by atoms with van der Waals surface area (Å²) in [5.41, 5.74) is 0.321. The summed E-state index contributed by atoms with van der Waals surface area (Å²) in [6.45, 7) is 3.94. The molecule has 0 unspecified atom stereocenters. The van der Waals surface area contributed by atoms with E-state index in [0.717, 1.165) is 0 Å². The molecule has 0 bridgehead atoms. The van der Waals surface area contributed by atoms with E-state index in [0.29, 0.717) is 23.7 Å². The summed E-state index contributed by atoms with van der Waals surface area (Å²) < 4.78 is 20.9. The Kier molecular flexibility index (Phi) is 7.02. The Morgan fingerprint density at radius 1 is 1.00 bits per heavy atom. The second-order valence-electron chi connectivity index (χ2n) is 5.93. The summed E-state index contributed by atoms with van der Waals surface area (Å²) >= 11 is 0. The van der Waals surface area contributed by atoms with Gasteiger partial charge >= 0.3 is 11.9 Å². The van der Waals surface area contributed by atoms with Crippen molar-refractivity contribution >= 4 is 11.9 Å². The van der Waals surface area contributed by atoms with Gasteiger partial charge in [-0.05, 0) is 36.2 Å². The minimum atomic E-state index is -0.594. The number of carbonyl (C=O) groups excluding carboxylic acids is 2. The minimum Gasteiger partial charge on any atom is -0.493 e. The number of para-hydroxylation sites is 2. The first-order valence-corrected chi connectivity index (χ1v) is 8.23. The number of methoxy groups -OCH3 is 1. The lowest BCUT2D eigenvalue weighted by Gasteiger charge is -2.11. The zero-order valence-corrected chi connectivity index (χ0v) is 15.1. The molecule has 0 N–H and O–H groups in total. The average molecular weight is 358 g/mol. The Morgan fingerprint density at radius 3 is 2.42 bits per heavy atom. The lowest BCUT2D eigenvalue weighted by molar-refractivity contribution is -0.136. The number of benzene rings is 2. The molecule has 0 aliphatic rings. The molecule has 0 fully saturated rings. The molecule has 138 valence electrons. The molecule has 0 amide bonds. The highest BCUT2D eigenvalue weighted by atomic mass is 16.6. The Morgan fingerprint density at radius 2 is 1.73 bits per heavy atom. The lowest BCUT2D eigenvalue weighted by atomic mass is 10.2. The van der Waals surface area contributed by atoms with Gasteiger partial charge in [0.1, 0.15) is 5.75 Å². The molecule has 0 aromatic heterocycles. The van der Waals surface area contributed by atoms with Crippen LogP contribution in [-0.4, -0.2) is 32.3 Å². The predicted octanol–water partition coefficient (Wildman–Crippen LogP) is 3.49. The van der Waals surface area contributed by atoms with Gasteiger partial charge < -0.3 is 18.9 Å². The number of rotatable bonds is 8. The number of esters is 2. The summed E-state index contributed by atoms with van der Waals surface area (Å²) in [4.78, 5) is 23.9. The van der Waals surface area contributed by atoms with Crippen LogP contribution >= 0.6 is 0 Å². The van der Waals surface area contributed by atoms with E-state index in [4.69, 9.17) is 18.9 Å². The first kappa shape index (κ1) is 19.3. The van der Waals surface area contributed by atoms with E-state index in [2.05, 4.69) is 0 Å². The van der Waals surface area contributed by atoms with Crippen LogP contribution in [0.15, 0.2) is 48.5 Å². The first-order chi connectivity index (χ1) is 12.5. The summed E-state index contributed by atoms with van der Waals surface area (Å²) in [6, 6.07) is 13.3. The Balaban J connectivity index is 1.92. The van der Waals surface area contributed by atoms with Crippen LogP contribution < -0.4 is 14.2 Å². The van der Waals surface area contributed by atoms with Crippen molar-refractivity contribution in [3.63, 3.8) is 0 Å². The SMILES string of the molecule is COc1ccccc1OCC(=O)Oc1cccc(C(=O)OCC(C)C)c1. The molecular formula is C20H22O6. The number of ether oxygens (including phenoxy) is 4. The van der Waals surface area contributed by atoms with Gasteiger partial charge in [0.05, 0.1) is 19.3 Å². The maximum Gasteiger partial charge on any atom is 0.349 e. The van der Waals surface area contributed by atoms with Crippen molar-refractivity contribution < 1.29 is 28.5 Å². The zero-order valence-electron chi connectivity index (χ0n) is 15.1. The van der Waals surface area contributed by atoms with Crippen molar-refractivity contribution in [2.24, 2.45) is 5.92 Å². The van der Waals surface area contributed by atoms with E-state index in [1.807, 2.05) is 13.8 Å². The van der Waals surface area contributed by atoms with E-state index >= 15 is 0 Å². The van der Waals surface area contributed by atoms with Crippen molar-refractivity contribution in [3.8, 4) is 17.2 Å². The van der Waals surface area contributed by atoms with E-state index in [-0.39, 0.29) is 18.3 Å². The molecule has 0 radical (unpaired) electrons. The molecule has 0 saturated heterocycles. The topological polar surface area (TPSA) is 71.1 Å². The molecule has 0 aliphatic carbocycles. The molecular weight excluding hydrogens is 336 g/mol. The van der Waals surface area contributed by atoms with Gasteiger partial charge in [0.25, 0.3) is 0 Å². The standard InChI is InChI=1S/C20H22O6/c1-14(2)12-25-20(22)15-7-6-8-16(11-15)26-19(21)13-24-18-10-5-4-9-17(18)23-3/h4-11,14H,12-13H2,1-3H3. The molecule has 2 aromatic rings. The van der Waals surface area contributed by atoms with E-state index in [1.54, 1.807) is 42.5 Å². The molecule has 0 atom stereocenters. The van der Waals surface area contributed by atoms with Crippen LogP contribution in [-0.2, 0) is 9.53 Å². The third kappa shape index (κ3) is 5.81. The van der Waals surface area contributed by atoms with Crippen molar-refractivity contribution in [1.82, 2.24) is 0 Å². The van der Waals surface area contributed by atoms with Crippen LogP contribution in [0.25, 0.3) is 0 Å². The highest BCUT2D eigenvalue weighted by Gasteiger charge is 2.12. The van der Waals surface area contributed by atoms with Crippen LogP contribution in [0.1, 0.15) is 24.2 Å². The Bertz CT molecular complexity index is 753. The second-order valence-corrected chi connectivity index (χ2v) is 5.93. The van der Waals surface area contributed by atoms with Gasteiger partial charge in [0.2, 0.25) is 0 Å². The number of hydrogen-bond donors (Lipinski definition) is 0. The molecule has 26 heavy (non-hydrogen) atoms. The number of hydrogen-bond acceptors (Lipinski definition) is 6. The first-order valence-electron chi connectivity index (χ1n) is 8.23. The van der Waals surface area contributed by atoms with Crippen LogP contribution in [0.4, 0.5) is 0 Å². The van der Waals surface area contributed by atoms with Gasteiger partial charge in [-0.2, -0.15) is 0 Å². The van der Waals surface area contributed by atoms with Crippen molar-refractivity contribution in [3.05, 3.63) is 54.1 Å². The fourth-order valence-corrected chi connectivity index (χ4v) is 2.05.